The predicted molar refractivity (Wildman–Crippen MR) is 95.8 cm³/mol. The Balaban J connectivity index is 1.54. The van der Waals surface area contributed by atoms with Crippen molar-refractivity contribution in [3.05, 3.63) is 16.1 Å². The molecule has 3 rings (SSSR count). The summed E-state index contributed by atoms with van der Waals surface area (Å²) in [5.74, 6) is 0. The summed E-state index contributed by atoms with van der Waals surface area (Å²) in [4.78, 5) is 7.03. The topological polar surface area (TPSA) is 62.7 Å². The van der Waals surface area contributed by atoms with Gasteiger partial charge >= 0.3 is 0 Å². The molecule has 8 heteroatoms. The first-order valence-corrected chi connectivity index (χ1v) is 10.9. The van der Waals surface area contributed by atoms with Crippen molar-refractivity contribution < 1.29 is 13.2 Å². The first kappa shape index (κ1) is 18.3. The lowest BCUT2D eigenvalue weighted by atomic mass is 9.98. The van der Waals surface area contributed by atoms with Gasteiger partial charge in [0, 0.05) is 50.1 Å². The van der Waals surface area contributed by atoms with E-state index in [0.717, 1.165) is 30.3 Å². The predicted octanol–water partition coefficient (Wildman–Crippen LogP) is 1.68. The van der Waals surface area contributed by atoms with Crippen LogP contribution in [0.2, 0.25) is 0 Å². The van der Waals surface area contributed by atoms with Gasteiger partial charge in [-0.2, -0.15) is 4.31 Å². The van der Waals surface area contributed by atoms with Crippen LogP contribution < -0.4 is 0 Å². The number of hydrogen-bond acceptors (Lipinski definition) is 6. The van der Waals surface area contributed by atoms with Crippen molar-refractivity contribution in [1.82, 2.24) is 14.2 Å². The molecular formula is C16H27N3O3S2. The van der Waals surface area contributed by atoms with Crippen LogP contribution in [-0.2, 0) is 26.7 Å². The Morgan fingerprint density at radius 3 is 2.54 bits per heavy atom. The highest BCUT2D eigenvalue weighted by Gasteiger charge is 2.36. The highest BCUT2D eigenvalue weighted by Crippen LogP contribution is 2.26. The normalized spacial score (nSPS) is 24.5. The van der Waals surface area contributed by atoms with Gasteiger partial charge in [0.15, 0.2) is 0 Å². The second kappa shape index (κ2) is 6.99. The Bertz CT molecular complexity index is 652. The molecule has 0 aliphatic carbocycles. The summed E-state index contributed by atoms with van der Waals surface area (Å²) in [5, 5.41) is 2.93. The number of sulfonamides is 1. The van der Waals surface area contributed by atoms with E-state index in [2.05, 4.69) is 31.1 Å². The summed E-state index contributed by atoms with van der Waals surface area (Å²) >= 11 is 1.71. The molecule has 2 aliphatic rings. The lowest BCUT2D eigenvalue weighted by molar-refractivity contribution is 0.177. The van der Waals surface area contributed by atoms with E-state index in [9.17, 15) is 8.42 Å². The molecule has 1 unspecified atom stereocenters. The fourth-order valence-electron chi connectivity index (χ4n) is 3.05. The molecule has 2 aliphatic heterocycles. The molecule has 3 heterocycles. The molecule has 2 saturated heterocycles. The molecule has 0 radical (unpaired) electrons. The molecule has 1 aromatic rings. The molecule has 2 fully saturated rings. The van der Waals surface area contributed by atoms with E-state index in [1.54, 1.807) is 15.6 Å². The number of rotatable bonds is 4. The minimum atomic E-state index is -3.21. The van der Waals surface area contributed by atoms with Gasteiger partial charge in [-0.05, 0) is 6.42 Å². The molecule has 6 nitrogen and oxygen atoms in total. The molecule has 0 N–H and O–H groups in total. The van der Waals surface area contributed by atoms with Crippen LogP contribution in [0.25, 0.3) is 0 Å². The number of nitrogens with zero attached hydrogens (tertiary/aromatic N) is 3. The smallest absolute Gasteiger partial charge is 0.219 e. The minimum Gasteiger partial charge on any atom is -0.380 e. The summed E-state index contributed by atoms with van der Waals surface area (Å²) in [5.41, 5.74) is 1.17. The standard InChI is InChI=1S/C16H27N3O3S2/c1-16(2,3)15-17-13(12-23-15)10-18-5-7-19(8-6-18)24(20,21)14-4-9-22-11-14/h12,14H,4-11H2,1-3H3. The van der Waals surface area contributed by atoms with Crippen molar-refractivity contribution in [3.63, 3.8) is 0 Å². The zero-order chi connectivity index (χ0) is 17.4. The van der Waals surface area contributed by atoms with Crippen LogP contribution in [0.3, 0.4) is 0 Å². The maximum Gasteiger partial charge on any atom is 0.219 e. The molecule has 24 heavy (non-hydrogen) atoms. The van der Waals surface area contributed by atoms with E-state index in [-0.39, 0.29) is 10.7 Å². The third kappa shape index (κ3) is 3.99. The number of ether oxygens (including phenoxy) is 1. The average molecular weight is 374 g/mol. The Labute approximate surface area is 148 Å². The Kier molecular flexibility index (Phi) is 5.32. The van der Waals surface area contributed by atoms with Crippen molar-refractivity contribution in [3.8, 4) is 0 Å². The summed E-state index contributed by atoms with van der Waals surface area (Å²) in [6.45, 7) is 10.9. The molecule has 0 bridgehead atoms. The van der Waals surface area contributed by atoms with Gasteiger partial charge in [0.2, 0.25) is 10.0 Å². The molecule has 0 saturated carbocycles. The minimum absolute atomic E-state index is 0.0824. The summed E-state index contributed by atoms with van der Waals surface area (Å²) in [7, 11) is -3.21. The fraction of sp³-hybridized carbons (Fsp3) is 0.812. The molecule has 0 spiro atoms. The average Bonchev–Trinajstić information content (AvgIpc) is 3.19. The quantitative estimate of drug-likeness (QED) is 0.803. The molecule has 1 aromatic heterocycles. The number of piperazine rings is 1. The van der Waals surface area contributed by atoms with Gasteiger partial charge in [0.05, 0.1) is 17.3 Å². The summed E-state index contributed by atoms with van der Waals surface area (Å²) in [6, 6.07) is 0. The van der Waals surface area contributed by atoms with Crippen LogP contribution in [0.1, 0.15) is 37.9 Å². The monoisotopic (exact) mass is 373 g/mol. The van der Waals surface area contributed by atoms with Crippen LogP contribution in [0.5, 0.6) is 0 Å². The number of hydrogen-bond donors (Lipinski definition) is 0. The van der Waals surface area contributed by atoms with E-state index in [0.29, 0.717) is 32.7 Å². The third-order valence-electron chi connectivity index (χ3n) is 4.58. The zero-order valence-electron chi connectivity index (χ0n) is 14.7. The fourth-order valence-corrected chi connectivity index (χ4v) is 5.71. The SMILES string of the molecule is CC(C)(C)c1nc(CN2CCN(S(=O)(=O)C3CCOC3)CC2)cs1. The van der Waals surface area contributed by atoms with Crippen LogP contribution in [0.4, 0.5) is 0 Å². The van der Waals surface area contributed by atoms with Crippen LogP contribution >= 0.6 is 11.3 Å². The highest BCUT2D eigenvalue weighted by atomic mass is 32.2. The van der Waals surface area contributed by atoms with Gasteiger partial charge in [-0.1, -0.05) is 20.8 Å². The van der Waals surface area contributed by atoms with Gasteiger partial charge in [0.25, 0.3) is 0 Å². The first-order chi connectivity index (χ1) is 11.3. The van der Waals surface area contributed by atoms with Crippen molar-refractivity contribution in [2.75, 3.05) is 39.4 Å². The lowest BCUT2D eigenvalue weighted by Gasteiger charge is -2.34. The molecule has 0 amide bonds. The van der Waals surface area contributed by atoms with Gasteiger partial charge in [-0.15, -0.1) is 11.3 Å². The number of thiazole rings is 1. The van der Waals surface area contributed by atoms with E-state index in [1.165, 1.54) is 0 Å². The van der Waals surface area contributed by atoms with Gasteiger partial charge in [0.1, 0.15) is 5.25 Å². The van der Waals surface area contributed by atoms with E-state index in [4.69, 9.17) is 9.72 Å². The zero-order valence-corrected chi connectivity index (χ0v) is 16.3. The maximum atomic E-state index is 12.6. The molecule has 1 atom stereocenters. The Morgan fingerprint density at radius 2 is 2.00 bits per heavy atom. The summed E-state index contributed by atoms with van der Waals surface area (Å²) in [6.07, 6.45) is 0.622. The molecule has 136 valence electrons. The summed E-state index contributed by atoms with van der Waals surface area (Å²) < 4.78 is 32.1. The lowest BCUT2D eigenvalue weighted by Crippen LogP contribution is -2.50. The van der Waals surface area contributed by atoms with Crippen molar-refractivity contribution in [2.24, 2.45) is 0 Å². The van der Waals surface area contributed by atoms with Gasteiger partial charge in [-0.3, -0.25) is 4.90 Å². The number of aromatic nitrogens is 1. The van der Waals surface area contributed by atoms with Crippen LogP contribution in [-0.4, -0.2) is 67.2 Å². The Hall–Kier alpha value is -0.540. The van der Waals surface area contributed by atoms with Crippen LogP contribution in [0.15, 0.2) is 5.38 Å². The Morgan fingerprint density at radius 1 is 1.29 bits per heavy atom. The van der Waals surface area contributed by atoms with E-state index in [1.807, 2.05) is 0 Å². The van der Waals surface area contributed by atoms with Gasteiger partial charge < -0.3 is 4.74 Å². The highest BCUT2D eigenvalue weighted by molar-refractivity contribution is 7.89. The molecular weight excluding hydrogens is 346 g/mol. The van der Waals surface area contributed by atoms with Crippen molar-refractivity contribution in [2.45, 2.75) is 44.4 Å². The van der Waals surface area contributed by atoms with Gasteiger partial charge in [-0.25, -0.2) is 13.4 Å². The van der Waals surface area contributed by atoms with E-state index >= 15 is 0 Å². The van der Waals surface area contributed by atoms with Crippen LogP contribution in [0, 0.1) is 0 Å². The third-order valence-corrected chi connectivity index (χ3v) is 8.20. The van der Waals surface area contributed by atoms with Crippen molar-refractivity contribution >= 4 is 21.4 Å². The first-order valence-electron chi connectivity index (χ1n) is 8.51. The second-order valence-electron chi connectivity index (χ2n) is 7.60. The molecule has 0 aromatic carbocycles. The van der Waals surface area contributed by atoms with E-state index < -0.39 is 10.0 Å². The van der Waals surface area contributed by atoms with Crippen molar-refractivity contribution in [1.29, 1.82) is 0 Å². The largest absolute Gasteiger partial charge is 0.380 e. The maximum absolute atomic E-state index is 12.6. The second-order valence-corrected chi connectivity index (χ2v) is 10.7.